The zero-order chi connectivity index (χ0) is 14.3. The smallest absolute Gasteiger partial charge is 0.0615 e. The topological polar surface area (TPSA) is 24.5 Å². The zero-order valence-electron chi connectivity index (χ0n) is 12.9. The lowest BCUT2D eigenvalue weighted by Crippen LogP contribution is -2.38. The van der Waals surface area contributed by atoms with Crippen LogP contribution in [0.4, 0.5) is 0 Å². The van der Waals surface area contributed by atoms with E-state index in [1.165, 1.54) is 11.1 Å². The Labute approximate surface area is 118 Å². The minimum absolute atomic E-state index is 0.357. The molecular formula is C16H28N2O. The van der Waals surface area contributed by atoms with Gasteiger partial charge in [-0.2, -0.15) is 0 Å². The maximum absolute atomic E-state index is 5.21. The number of methoxy groups -OCH3 is 1. The van der Waals surface area contributed by atoms with Gasteiger partial charge in [-0.1, -0.05) is 31.2 Å². The van der Waals surface area contributed by atoms with E-state index >= 15 is 0 Å². The molecule has 0 radical (unpaired) electrons. The van der Waals surface area contributed by atoms with E-state index in [9.17, 15) is 0 Å². The van der Waals surface area contributed by atoms with Crippen LogP contribution in [0, 0.1) is 0 Å². The van der Waals surface area contributed by atoms with Crippen LogP contribution in [0.1, 0.15) is 31.0 Å². The van der Waals surface area contributed by atoms with Crippen LogP contribution in [-0.4, -0.2) is 45.3 Å². The molecule has 0 bridgehead atoms. The third-order valence-corrected chi connectivity index (χ3v) is 3.77. The number of ether oxygens (including phenoxy) is 1. The lowest BCUT2D eigenvalue weighted by molar-refractivity contribution is 0.110. The van der Waals surface area contributed by atoms with E-state index < -0.39 is 0 Å². The molecule has 1 rings (SSSR count). The van der Waals surface area contributed by atoms with Crippen molar-refractivity contribution < 1.29 is 4.74 Å². The monoisotopic (exact) mass is 264 g/mol. The quantitative estimate of drug-likeness (QED) is 0.780. The molecule has 1 N–H and O–H groups in total. The molecule has 0 aliphatic heterocycles. The predicted molar refractivity (Wildman–Crippen MR) is 81.6 cm³/mol. The fraction of sp³-hybridized carbons (Fsp3) is 0.625. The number of rotatable bonds is 8. The zero-order valence-corrected chi connectivity index (χ0v) is 12.9. The number of aryl methyl sites for hydroxylation is 1. The molecule has 0 heterocycles. The van der Waals surface area contributed by atoms with Gasteiger partial charge < -0.3 is 10.1 Å². The Balaban J connectivity index is 2.66. The van der Waals surface area contributed by atoms with Crippen LogP contribution in [0.25, 0.3) is 0 Å². The molecule has 0 saturated carbocycles. The van der Waals surface area contributed by atoms with Crippen LogP contribution in [0.15, 0.2) is 24.3 Å². The van der Waals surface area contributed by atoms with E-state index in [1.54, 1.807) is 7.11 Å². The van der Waals surface area contributed by atoms with Crippen molar-refractivity contribution in [1.29, 1.82) is 0 Å². The van der Waals surface area contributed by atoms with Crippen LogP contribution in [0.5, 0.6) is 0 Å². The molecule has 0 saturated heterocycles. The molecule has 3 heteroatoms. The number of benzene rings is 1. The summed E-state index contributed by atoms with van der Waals surface area (Å²) < 4.78 is 5.21. The predicted octanol–water partition coefficient (Wildman–Crippen LogP) is 2.48. The molecule has 2 atom stereocenters. The first kappa shape index (κ1) is 16.2. The molecule has 0 aromatic heterocycles. The number of hydrogen-bond acceptors (Lipinski definition) is 3. The van der Waals surface area contributed by atoms with Crippen LogP contribution < -0.4 is 5.32 Å². The van der Waals surface area contributed by atoms with Crippen molar-refractivity contribution in [3.63, 3.8) is 0 Å². The summed E-state index contributed by atoms with van der Waals surface area (Å²) in [6.45, 7) is 6.12. The molecule has 1 aromatic rings. The highest BCUT2D eigenvalue weighted by molar-refractivity contribution is 5.25. The Bertz CT molecular complexity index is 350. The Morgan fingerprint density at radius 3 is 2.37 bits per heavy atom. The second-order valence-electron chi connectivity index (χ2n) is 5.18. The standard InChI is InChI=1S/C16H28N2O/c1-6-14-7-9-15(10-8-14)16(17-3)11-18(4)13(2)12-19-5/h7-10,13,16-17H,6,11-12H2,1-5H3. The Morgan fingerprint density at radius 2 is 1.89 bits per heavy atom. The summed E-state index contributed by atoms with van der Waals surface area (Å²) in [5.74, 6) is 0. The molecule has 19 heavy (non-hydrogen) atoms. The van der Waals surface area contributed by atoms with Crippen LogP contribution in [0.3, 0.4) is 0 Å². The molecule has 0 aliphatic rings. The molecule has 0 aliphatic carbocycles. The molecular weight excluding hydrogens is 236 g/mol. The molecule has 2 unspecified atom stereocenters. The van der Waals surface area contributed by atoms with Gasteiger partial charge in [0.1, 0.15) is 0 Å². The van der Waals surface area contributed by atoms with E-state index in [1.807, 2.05) is 7.05 Å². The third-order valence-electron chi connectivity index (χ3n) is 3.77. The Hall–Kier alpha value is -0.900. The summed E-state index contributed by atoms with van der Waals surface area (Å²) >= 11 is 0. The summed E-state index contributed by atoms with van der Waals surface area (Å²) in [5.41, 5.74) is 2.73. The van der Waals surface area contributed by atoms with Gasteiger partial charge in [0.05, 0.1) is 6.61 Å². The Morgan fingerprint density at radius 1 is 1.26 bits per heavy atom. The van der Waals surface area contributed by atoms with Crippen molar-refractivity contribution in [2.45, 2.75) is 32.4 Å². The van der Waals surface area contributed by atoms with Crippen molar-refractivity contribution in [3.05, 3.63) is 35.4 Å². The van der Waals surface area contributed by atoms with Gasteiger partial charge in [-0.3, -0.25) is 4.90 Å². The van der Waals surface area contributed by atoms with Crippen LogP contribution >= 0.6 is 0 Å². The minimum atomic E-state index is 0.357. The molecule has 0 amide bonds. The molecule has 1 aromatic carbocycles. The van der Waals surface area contributed by atoms with E-state index in [0.717, 1.165) is 19.6 Å². The summed E-state index contributed by atoms with van der Waals surface area (Å²) in [5, 5.41) is 3.40. The largest absolute Gasteiger partial charge is 0.383 e. The van der Waals surface area contributed by atoms with Crippen molar-refractivity contribution >= 4 is 0 Å². The second-order valence-corrected chi connectivity index (χ2v) is 5.18. The first-order chi connectivity index (χ1) is 9.12. The van der Waals surface area contributed by atoms with E-state index in [0.29, 0.717) is 12.1 Å². The van der Waals surface area contributed by atoms with Crippen LogP contribution in [0.2, 0.25) is 0 Å². The maximum Gasteiger partial charge on any atom is 0.0615 e. The number of likely N-dealkylation sites (N-methyl/N-ethyl adjacent to an activating group) is 2. The van der Waals surface area contributed by atoms with E-state index in [2.05, 4.69) is 55.4 Å². The SMILES string of the molecule is CCc1ccc(C(CN(C)C(C)COC)NC)cc1. The van der Waals surface area contributed by atoms with Gasteiger partial charge in [0, 0.05) is 25.7 Å². The average molecular weight is 264 g/mol. The maximum atomic E-state index is 5.21. The second kappa shape index (κ2) is 8.31. The lowest BCUT2D eigenvalue weighted by Gasteiger charge is -2.29. The molecule has 0 fully saturated rings. The van der Waals surface area contributed by atoms with Crippen LogP contribution in [-0.2, 0) is 11.2 Å². The summed E-state index contributed by atoms with van der Waals surface area (Å²) in [6.07, 6.45) is 1.09. The molecule has 0 spiro atoms. The van der Waals surface area contributed by atoms with Gasteiger partial charge in [0.2, 0.25) is 0 Å². The number of nitrogens with one attached hydrogen (secondary N) is 1. The number of hydrogen-bond donors (Lipinski definition) is 1. The molecule has 3 nitrogen and oxygen atoms in total. The van der Waals surface area contributed by atoms with E-state index in [4.69, 9.17) is 4.74 Å². The first-order valence-electron chi connectivity index (χ1n) is 7.07. The van der Waals surface area contributed by atoms with Crippen molar-refractivity contribution in [2.75, 3.05) is 34.4 Å². The summed E-state index contributed by atoms with van der Waals surface area (Å²) in [4.78, 5) is 2.33. The minimum Gasteiger partial charge on any atom is -0.383 e. The van der Waals surface area contributed by atoms with Crippen molar-refractivity contribution in [1.82, 2.24) is 10.2 Å². The Kier molecular flexibility index (Phi) is 7.06. The lowest BCUT2D eigenvalue weighted by atomic mass is 10.0. The highest BCUT2D eigenvalue weighted by atomic mass is 16.5. The summed E-state index contributed by atoms with van der Waals surface area (Å²) in [6, 6.07) is 9.69. The van der Waals surface area contributed by atoms with Gasteiger partial charge in [-0.25, -0.2) is 0 Å². The molecule has 108 valence electrons. The van der Waals surface area contributed by atoms with Gasteiger partial charge in [0.25, 0.3) is 0 Å². The highest BCUT2D eigenvalue weighted by Crippen LogP contribution is 2.16. The highest BCUT2D eigenvalue weighted by Gasteiger charge is 2.15. The van der Waals surface area contributed by atoms with Gasteiger partial charge in [-0.15, -0.1) is 0 Å². The average Bonchev–Trinajstić information content (AvgIpc) is 2.45. The van der Waals surface area contributed by atoms with Gasteiger partial charge >= 0.3 is 0 Å². The van der Waals surface area contributed by atoms with Gasteiger partial charge in [-0.05, 0) is 38.6 Å². The number of nitrogens with zero attached hydrogens (tertiary/aromatic N) is 1. The van der Waals surface area contributed by atoms with Crippen molar-refractivity contribution in [2.24, 2.45) is 0 Å². The normalized spacial score (nSPS) is 14.6. The fourth-order valence-electron chi connectivity index (χ4n) is 2.19. The first-order valence-corrected chi connectivity index (χ1v) is 7.07. The van der Waals surface area contributed by atoms with Crippen molar-refractivity contribution in [3.8, 4) is 0 Å². The van der Waals surface area contributed by atoms with E-state index in [-0.39, 0.29) is 0 Å². The third kappa shape index (κ3) is 4.94. The fourth-order valence-corrected chi connectivity index (χ4v) is 2.19. The summed E-state index contributed by atoms with van der Waals surface area (Å²) in [7, 11) is 5.92. The van der Waals surface area contributed by atoms with Gasteiger partial charge in [0.15, 0.2) is 0 Å².